The Hall–Kier alpha value is -2.47. The van der Waals surface area contributed by atoms with Gasteiger partial charge in [-0.25, -0.2) is 4.98 Å². The van der Waals surface area contributed by atoms with Gasteiger partial charge in [-0.3, -0.25) is 4.99 Å². The topological polar surface area (TPSA) is 45.5 Å². The Morgan fingerprint density at radius 1 is 1.19 bits per heavy atom. The highest BCUT2D eigenvalue weighted by Gasteiger charge is 2.10. The number of aromatic nitrogens is 2. The van der Waals surface area contributed by atoms with Crippen molar-refractivity contribution in [2.24, 2.45) is 12.0 Å². The molecule has 0 radical (unpaired) electrons. The predicted octanol–water partition coefficient (Wildman–Crippen LogP) is 3.50. The molecule has 0 saturated heterocycles. The number of aryl methyl sites for hydroxylation is 1. The minimum atomic E-state index is 0.633. The number of nitrogens with one attached hydrogen (secondary N) is 1. The highest BCUT2D eigenvalue weighted by atomic mass is 32.2. The number of fused-ring (bicyclic) bond motifs is 1. The van der Waals surface area contributed by atoms with Crippen LogP contribution in [0.3, 0.4) is 0 Å². The van der Waals surface area contributed by atoms with Crippen LogP contribution in [0.4, 0.5) is 0 Å². The fourth-order valence-electron chi connectivity index (χ4n) is 2.98. The summed E-state index contributed by atoms with van der Waals surface area (Å²) in [5.74, 6) is 1.84. The molecular weight excluding hydrogens is 342 g/mol. The first-order valence-electron chi connectivity index (χ1n) is 8.57. The Labute approximate surface area is 159 Å². The molecule has 0 saturated carbocycles. The van der Waals surface area contributed by atoms with Gasteiger partial charge in [0.2, 0.25) is 0 Å². The van der Waals surface area contributed by atoms with Crippen LogP contribution in [-0.4, -0.2) is 40.8 Å². The van der Waals surface area contributed by atoms with Crippen molar-refractivity contribution in [2.75, 3.05) is 20.4 Å². The molecule has 3 rings (SSSR count). The molecular formula is C20H25N5S. The van der Waals surface area contributed by atoms with E-state index in [1.54, 1.807) is 11.8 Å². The van der Waals surface area contributed by atoms with Gasteiger partial charge >= 0.3 is 0 Å². The Morgan fingerprint density at radius 2 is 1.92 bits per heavy atom. The van der Waals surface area contributed by atoms with E-state index < -0.39 is 0 Å². The Balaban J connectivity index is 1.65. The summed E-state index contributed by atoms with van der Waals surface area (Å²) < 4.78 is 2.12. The maximum atomic E-state index is 4.71. The number of rotatable bonds is 5. The molecule has 0 spiro atoms. The van der Waals surface area contributed by atoms with E-state index in [0.29, 0.717) is 6.54 Å². The summed E-state index contributed by atoms with van der Waals surface area (Å²) in [5.41, 5.74) is 3.42. The van der Waals surface area contributed by atoms with Gasteiger partial charge in [-0.15, -0.1) is 11.8 Å². The highest BCUT2D eigenvalue weighted by Crippen LogP contribution is 2.16. The molecule has 1 aromatic heterocycles. The van der Waals surface area contributed by atoms with Crippen molar-refractivity contribution in [3.8, 4) is 0 Å². The Kier molecular flexibility index (Phi) is 5.83. The largest absolute Gasteiger partial charge is 0.349 e. The molecule has 0 aliphatic carbocycles. The SMILES string of the molecule is CN=C(NCc1nc2ccccc2n1C)N(C)Cc1ccc(SC)cc1. The van der Waals surface area contributed by atoms with E-state index in [9.17, 15) is 0 Å². The molecule has 0 aliphatic rings. The molecule has 0 aliphatic heterocycles. The van der Waals surface area contributed by atoms with Crippen LogP contribution in [-0.2, 0) is 20.1 Å². The maximum absolute atomic E-state index is 4.71. The molecule has 1 heterocycles. The van der Waals surface area contributed by atoms with Crippen molar-refractivity contribution in [3.63, 3.8) is 0 Å². The third-order valence-corrected chi connectivity index (χ3v) is 5.18. The monoisotopic (exact) mass is 367 g/mol. The van der Waals surface area contributed by atoms with E-state index in [1.165, 1.54) is 10.5 Å². The summed E-state index contributed by atoms with van der Waals surface area (Å²) in [5, 5.41) is 3.42. The van der Waals surface area contributed by atoms with Crippen LogP contribution in [0, 0.1) is 0 Å². The zero-order chi connectivity index (χ0) is 18.5. The van der Waals surface area contributed by atoms with Gasteiger partial charge in [0.1, 0.15) is 5.82 Å². The molecule has 0 amide bonds. The number of para-hydroxylation sites is 2. The third-order valence-electron chi connectivity index (χ3n) is 4.44. The number of imidazole rings is 1. The van der Waals surface area contributed by atoms with Crippen molar-refractivity contribution in [1.29, 1.82) is 0 Å². The van der Waals surface area contributed by atoms with E-state index in [-0.39, 0.29) is 0 Å². The zero-order valence-corrected chi connectivity index (χ0v) is 16.5. The minimum absolute atomic E-state index is 0.633. The normalized spacial score (nSPS) is 11.8. The molecule has 136 valence electrons. The van der Waals surface area contributed by atoms with Gasteiger partial charge in [0, 0.05) is 32.6 Å². The summed E-state index contributed by atoms with van der Waals surface area (Å²) in [4.78, 5) is 12.5. The first-order chi connectivity index (χ1) is 12.6. The van der Waals surface area contributed by atoms with Crippen molar-refractivity contribution >= 4 is 28.8 Å². The molecule has 0 fully saturated rings. The lowest BCUT2D eigenvalue weighted by atomic mass is 10.2. The fourth-order valence-corrected chi connectivity index (χ4v) is 3.38. The lowest BCUT2D eigenvalue weighted by Gasteiger charge is -2.22. The summed E-state index contributed by atoms with van der Waals surface area (Å²) in [6, 6.07) is 16.8. The molecule has 2 aromatic carbocycles. The van der Waals surface area contributed by atoms with Crippen molar-refractivity contribution in [1.82, 2.24) is 19.8 Å². The molecule has 1 N–H and O–H groups in total. The lowest BCUT2D eigenvalue weighted by Crippen LogP contribution is -2.38. The second-order valence-electron chi connectivity index (χ2n) is 6.18. The van der Waals surface area contributed by atoms with Gasteiger partial charge in [0.15, 0.2) is 5.96 Å². The molecule has 0 bridgehead atoms. The van der Waals surface area contributed by atoms with E-state index >= 15 is 0 Å². The van der Waals surface area contributed by atoms with E-state index in [2.05, 4.69) is 56.4 Å². The van der Waals surface area contributed by atoms with Gasteiger partial charge in [0.05, 0.1) is 17.6 Å². The molecule has 3 aromatic rings. The summed E-state index contributed by atoms with van der Waals surface area (Å²) in [6.07, 6.45) is 2.09. The van der Waals surface area contributed by atoms with E-state index in [0.717, 1.165) is 29.4 Å². The van der Waals surface area contributed by atoms with Crippen LogP contribution < -0.4 is 5.32 Å². The molecule has 0 atom stereocenters. The van der Waals surface area contributed by atoms with Gasteiger partial charge in [-0.1, -0.05) is 24.3 Å². The van der Waals surface area contributed by atoms with Gasteiger partial charge in [0.25, 0.3) is 0 Å². The van der Waals surface area contributed by atoms with Crippen LogP contribution >= 0.6 is 11.8 Å². The summed E-state index contributed by atoms with van der Waals surface area (Å²) >= 11 is 1.76. The average Bonchev–Trinajstić information content (AvgIpc) is 2.99. The van der Waals surface area contributed by atoms with E-state index in [1.807, 2.05) is 39.3 Å². The number of benzene rings is 2. The smallest absolute Gasteiger partial charge is 0.194 e. The van der Waals surface area contributed by atoms with Gasteiger partial charge in [-0.2, -0.15) is 0 Å². The molecule has 5 nitrogen and oxygen atoms in total. The van der Waals surface area contributed by atoms with E-state index in [4.69, 9.17) is 4.98 Å². The van der Waals surface area contributed by atoms with Crippen LogP contribution in [0.5, 0.6) is 0 Å². The van der Waals surface area contributed by atoms with Crippen LogP contribution in [0.1, 0.15) is 11.4 Å². The van der Waals surface area contributed by atoms with Crippen LogP contribution in [0.25, 0.3) is 11.0 Å². The number of thioether (sulfide) groups is 1. The number of hydrogen-bond acceptors (Lipinski definition) is 3. The number of guanidine groups is 1. The average molecular weight is 368 g/mol. The molecule has 26 heavy (non-hydrogen) atoms. The zero-order valence-electron chi connectivity index (χ0n) is 15.7. The Morgan fingerprint density at radius 3 is 2.58 bits per heavy atom. The van der Waals surface area contributed by atoms with Crippen molar-refractivity contribution in [2.45, 2.75) is 18.0 Å². The van der Waals surface area contributed by atoms with Crippen LogP contribution in [0.15, 0.2) is 58.4 Å². The number of aliphatic imine (C=N–C) groups is 1. The minimum Gasteiger partial charge on any atom is -0.349 e. The predicted molar refractivity (Wildman–Crippen MR) is 111 cm³/mol. The van der Waals surface area contributed by atoms with Gasteiger partial charge in [-0.05, 0) is 36.1 Å². The first kappa shape index (κ1) is 18.3. The molecule has 0 unspecified atom stereocenters. The maximum Gasteiger partial charge on any atom is 0.194 e. The summed E-state index contributed by atoms with van der Waals surface area (Å²) in [7, 11) is 5.91. The lowest BCUT2D eigenvalue weighted by molar-refractivity contribution is 0.474. The fraction of sp³-hybridized carbons (Fsp3) is 0.300. The second-order valence-corrected chi connectivity index (χ2v) is 7.06. The Bertz CT molecular complexity index is 898. The third kappa shape index (κ3) is 4.02. The highest BCUT2D eigenvalue weighted by molar-refractivity contribution is 7.98. The second kappa shape index (κ2) is 8.27. The quantitative estimate of drug-likeness (QED) is 0.426. The van der Waals surface area contributed by atoms with Crippen molar-refractivity contribution in [3.05, 3.63) is 59.9 Å². The number of nitrogens with zero attached hydrogens (tertiary/aromatic N) is 4. The number of hydrogen-bond donors (Lipinski definition) is 1. The molecule has 6 heteroatoms. The summed E-state index contributed by atoms with van der Waals surface area (Å²) in [6.45, 7) is 1.44. The van der Waals surface area contributed by atoms with Crippen LogP contribution in [0.2, 0.25) is 0 Å². The first-order valence-corrected chi connectivity index (χ1v) is 9.80. The van der Waals surface area contributed by atoms with Crippen molar-refractivity contribution < 1.29 is 0 Å². The standard InChI is InChI=1S/C20H25N5S/c1-21-20(24(2)14-15-9-11-16(26-4)12-10-15)22-13-19-23-17-7-5-6-8-18(17)25(19)3/h5-12H,13-14H2,1-4H3,(H,21,22). The van der Waals surface area contributed by atoms with Gasteiger partial charge < -0.3 is 14.8 Å².